The van der Waals surface area contributed by atoms with Crippen LogP contribution in [0, 0.1) is 0 Å². The van der Waals surface area contributed by atoms with Crippen LogP contribution in [0.3, 0.4) is 0 Å². The molecule has 0 aliphatic carbocycles. The summed E-state index contributed by atoms with van der Waals surface area (Å²) >= 11 is 1.63. The fourth-order valence-corrected chi connectivity index (χ4v) is 3.42. The van der Waals surface area contributed by atoms with E-state index in [0.717, 1.165) is 11.3 Å². The molecule has 3 heteroatoms. The zero-order chi connectivity index (χ0) is 15.3. The molecule has 0 radical (unpaired) electrons. The van der Waals surface area contributed by atoms with Crippen LogP contribution in [0.2, 0.25) is 0 Å². The van der Waals surface area contributed by atoms with Gasteiger partial charge in [0.15, 0.2) is 0 Å². The zero-order valence-electron chi connectivity index (χ0n) is 12.9. The molecule has 112 valence electrons. The molecule has 0 aliphatic heterocycles. The molecule has 2 nitrogen and oxygen atoms in total. The normalized spacial score (nSPS) is 12.9. The lowest BCUT2D eigenvalue weighted by Crippen LogP contribution is -2.37. The Morgan fingerprint density at radius 3 is 2.52 bits per heavy atom. The molecular weight excluding hydrogens is 278 g/mol. The first-order chi connectivity index (χ1) is 9.97. The minimum absolute atomic E-state index is 0.0525. The molecular formula is C18H23NOS. The summed E-state index contributed by atoms with van der Waals surface area (Å²) in [5.74, 6) is 0.105. The number of amides is 1. The quantitative estimate of drug-likeness (QED) is 0.852. The van der Waals surface area contributed by atoms with Crippen LogP contribution in [0.1, 0.15) is 37.6 Å². The lowest BCUT2D eigenvalue weighted by Gasteiger charge is -2.29. The average molecular weight is 301 g/mol. The molecule has 2 rings (SSSR count). The van der Waals surface area contributed by atoms with Gasteiger partial charge in [-0.05, 0) is 35.8 Å². The van der Waals surface area contributed by atoms with E-state index in [2.05, 4.69) is 50.4 Å². The monoisotopic (exact) mass is 301 g/mol. The minimum atomic E-state index is 0.0525. The van der Waals surface area contributed by atoms with E-state index in [1.165, 1.54) is 5.56 Å². The molecule has 0 saturated heterocycles. The van der Waals surface area contributed by atoms with E-state index < -0.39 is 0 Å². The second-order valence-electron chi connectivity index (χ2n) is 6.18. The molecule has 0 unspecified atom stereocenters. The van der Waals surface area contributed by atoms with Crippen molar-refractivity contribution in [2.45, 2.75) is 45.1 Å². The first kappa shape index (κ1) is 15.8. The van der Waals surface area contributed by atoms with Crippen LogP contribution < -0.4 is 5.32 Å². The van der Waals surface area contributed by atoms with Crippen molar-refractivity contribution in [1.29, 1.82) is 0 Å². The Hall–Kier alpha value is -1.61. The first-order valence-corrected chi connectivity index (χ1v) is 8.22. The lowest BCUT2D eigenvalue weighted by molar-refractivity contribution is -0.121. The molecule has 21 heavy (non-hydrogen) atoms. The summed E-state index contributed by atoms with van der Waals surface area (Å²) in [5.41, 5.74) is 1.36. The summed E-state index contributed by atoms with van der Waals surface area (Å²) in [6.45, 7) is 6.53. The maximum atomic E-state index is 12.0. The first-order valence-electron chi connectivity index (χ1n) is 7.34. The van der Waals surface area contributed by atoms with Crippen LogP contribution in [0.5, 0.6) is 0 Å². The molecule has 0 fully saturated rings. The number of nitrogens with one attached hydrogen (secondary N) is 1. The molecule has 1 aromatic heterocycles. The topological polar surface area (TPSA) is 29.1 Å². The van der Waals surface area contributed by atoms with Gasteiger partial charge in [0.2, 0.25) is 5.91 Å². The van der Waals surface area contributed by atoms with E-state index in [4.69, 9.17) is 0 Å². The average Bonchev–Trinajstić information content (AvgIpc) is 2.91. The molecule has 1 N–H and O–H groups in total. The summed E-state index contributed by atoms with van der Waals surface area (Å²) in [4.78, 5) is 13.2. The van der Waals surface area contributed by atoms with Gasteiger partial charge < -0.3 is 5.32 Å². The summed E-state index contributed by atoms with van der Waals surface area (Å²) in [6, 6.07) is 14.6. The third-order valence-corrected chi connectivity index (χ3v) is 4.57. The van der Waals surface area contributed by atoms with Gasteiger partial charge in [0.25, 0.3) is 0 Å². The molecule has 1 amide bonds. The smallest absolute Gasteiger partial charge is 0.225 e. The highest BCUT2D eigenvalue weighted by Crippen LogP contribution is 2.28. The van der Waals surface area contributed by atoms with Crippen molar-refractivity contribution in [3.05, 3.63) is 58.3 Å². The Labute approximate surface area is 131 Å². The highest BCUT2D eigenvalue weighted by Gasteiger charge is 2.23. The van der Waals surface area contributed by atoms with Crippen LogP contribution in [0.25, 0.3) is 0 Å². The molecule has 1 atom stereocenters. The fourth-order valence-electron chi connectivity index (χ4n) is 2.72. The minimum Gasteiger partial charge on any atom is -0.353 e. The van der Waals surface area contributed by atoms with Gasteiger partial charge in [-0.2, -0.15) is 0 Å². The number of thiophene rings is 1. The predicted molar refractivity (Wildman–Crippen MR) is 89.7 cm³/mol. The molecule has 0 saturated carbocycles. The second kappa shape index (κ2) is 6.90. The molecule has 0 aliphatic rings. The molecule has 0 spiro atoms. The molecule has 1 aromatic carbocycles. The van der Waals surface area contributed by atoms with E-state index in [1.54, 1.807) is 11.3 Å². The summed E-state index contributed by atoms with van der Waals surface area (Å²) < 4.78 is 0. The van der Waals surface area contributed by atoms with Gasteiger partial charge in [0, 0.05) is 10.9 Å². The number of rotatable bonds is 6. The largest absolute Gasteiger partial charge is 0.353 e. The molecule has 1 heterocycles. The molecule has 2 aromatic rings. The Morgan fingerprint density at radius 2 is 1.90 bits per heavy atom. The predicted octanol–water partition coefficient (Wildman–Crippen LogP) is 4.16. The lowest BCUT2D eigenvalue weighted by atomic mass is 9.79. The van der Waals surface area contributed by atoms with Crippen molar-refractivity contribution in [1.82, 2.24) is 5.32 Å². The maximum absolute atomic E-state index is 12.0. The summed E-state index contributed by atoms with van der Waals surface area (Å²) in [6.07, 6.45) is 1.40. The Morgan fingerprint density at radius 1 is 1.19 bits per heavy atom. The highest BCUT2D eigenvalue weighted by molar-refractivity contribution is 7.10. The Bertz CT molecular complexity index is 560. The van der Waals surface area contributed by atoms with Crippen molar-refractivity contribution in [3.63, 3.8) is 0 Å². The zero-order valence-corrected chi connectivity index (χ0v) is 13.7. The van der Waals surface area contributed by atoms with Crippen LogP contribution in [0.15, 0.2) is 47.8 Å². The van der Waals surface area contributed by atoms with Crippen LogP contribution in [-0.4, -0.2) is 11.9 Å². The van der Waals surface area contributed by atoms with Gasteiger partial charge in [-0.3, -0.25) is 4.79 Å². The van der Waals surface area contributed by atoms with Gasteiger partial charge in [0.1, 0.15) is 0 Å². The van der Waals surface area contributed by atoms with Gasteiger partial charge >= 0.3 is 0 Å². The van der Waals surface area contributed by atoms with E-state index >= 15 is 0 Å². The van der Waals surface area contributed by atoms with Gasteiger partial charge in [-0.25, -0.2) is 0 Å². The van der Waals surface area contributed by atoms with Gasteiger partial charge in [-0.15, -0.1) is 11.3 Å². The number of benzene rings is 1. The van der Waals surface area contributed by atoms with Crippen molar-refractivity contribution < 1.29 is 4.79 Å². The Balaban J connectivity index is 1.89. The number of carbonyl (C=O) groups excluding carboxylic acids is 1. The maximum Gasteiger partial charge on any atom is 0.225 e. The fraction of sp³-hybridized carbons (Fsp3) is 0.389. The van der Waals surface area contributed by atoms with E-state index in [9.17, 15) is 4.79 Å². The van der Waals surface area contributed by atoms with Crippen molar-refractivity contribution in [2.75, 3.05) is 0 Å². The van der Waals surface area contributed by atoms with Crippen LogP contribution in [-0.2, 0) is 16.6 Å². The van der Waals surface area contributed by atoms with Gasteiger partial charge in [0.05, 0.1) is 6.42 Å². The Kier molecular flexibility index (Phi) is 5.18. The van der Waals surface area contributed by atoms with E-state index in [1.807, 2.05) is 23.6 Å². The van der Waals surface area contributed by atoms with E-state index in [-0.39, 0.29) is 17.4 Å². The second-order valence-corrected chi connectivity index (χ2v) is 7.21. The standard InChI is InChI=1S/C18H23NOS/c1-14(19-17(20)12-16-10-7-11-21-16)13-18(2,3)15-8-5-4-6-9-15/h4-11,14H,12-13H2,1-3H3,(H,19,20)/t14-/m1/s1. The van der Waals surface area contributed by atoms with Crippen LogP contribution >= 0.6 is 11.3 Å². The van der Waals surface area contributed by atoms with Crippen molar-refractivity contribution >= 4 is 17.2 Å². The van der Waals surface area contributed by atoms with Gasteiger partial charge in [-0.1, -0.05) is 50.2 Å². The summed E-state index contributed by atoms with van der Waals surface area (Å²) in [5, 5.41) is 5.12. The number of carbonyl (C=O) groups is 1. The van der Waals surface area contributed by atoms with E-state index in [0.29, 0.717) is 6.42 Å². The third kappa shape index (κ3) is 4.71. The molecule has 0 bridgehead atoms. The third-order valence-electron chi connectivity index (χ3n) is 3.69. The highest BCUT2D eigenvalue weighted by atomic mass is 32.1. The summed E-state index contributed by atoms with van der Waals surface area (Å²) in [7, 11) is 0. The number of hydrogen-bond acceptors (Lipinski definition) is 2. The SMILES string of the molecule is C[C@H](CC(C)(C)c1ccccc1)NC(=O)Cc1cccs1. The number of hydrogen-bond donors (Lipinski definition) is 1. The van der Waals surface area contributed by atoms with Crippen LogP contribution in [0.4, 0.5) is 0 Å². The van der Waals surface area contributed by atoms with Crippen molar-refractivity contribution in [3.8, 4) is 0 Å². The van der Waals surface area contributed by atoms with Crippen molar-refractivity contribution in [2.24, 2.45) is 0 Å².